The maximum Gasteiger partial charge on any atom is 0.411 e. The van der Waals surface area contributed by atoms with E-state index in [0.717, 1.165) is 12.4 Å². The lowest BCUT2D eigenvalue weighted by Crippen LogP contribution is -2.17. The van der Waals surface area contributed by atoms with Crippen LogP contribution in [0.1, 0.15) is 16.2 Å². The molecule has 0 radical (unpaired) electrons. The van der Waals surface area contributed by atoms with Gasteiger partial charge in [0.15, 0.2) is 5.82 Å². The van der Waals surface area contributed by atoms with Crippen molar-refractivity contribution in [1.82, 2.24) is 9.97 Å². The predicted molar refractivity (Wildman–Crippen MR) is 44.7 cm³/mol. The van der Waals surface area contributed by atoms with Crippen LogP contribution in [0.15, 0.2) is 12.4 Å². The molecule has 1 rings (SSSR count). The Morgan fingerprint density at radius 2 is 1.94 bits per heavy atom. The first-order chi connectivity index (χ1) is 7.38. The van der Waals surface area contributed by atoms with Crippen molar-refractivity contribution in [2.45, 2.75) is 12.8 Å². The Balaban J connectivity index is 2.47. The van der Waals surface area contributed by atoms with Gasteiger partial charge in [-0.2, -0.15) is 13.2 Å². The van der Waals surface area contributed by atoms with Crippen LogP contribution in [-0.4, -0.2) is 33.8 Å². The zero-order valence-electron chi connectivity index (χ0n) is 7.86. The lowest BCUT2D eigenvalue weighted by atomic mass is 10.3. The lowest BCUT2D eigenvalue weighted by molar-refractivity contribution is -0.177. The molecular weight excluding hydrogens is 229 g/mol. The number of alkyl halides is 3. The van der Waals surface area contributed by atoms with E-state index in [1.165, 1.54) is 0 Å². The number of aromatic nitrogens is 2. The first-order valence-electron chi connectivity index (χ1n) is 4.07. The largest absolute Gasteiger partial charge is 0.478 e. The Morgan fingerprint density at radius 1 is 1.38 bits per heavy atom. The van der Waals surface area contributed by atoms with E-state index in [9.17, 15) is 18.0 Å². The third-order valence-corrected chi connectivity index (χ3v) is 1.45. The van der Waals surface area contributed by atoms with Gasteiger partial charge in [-0.05, 0) is 0 Å². The molecule has 16 heavy (non-hydrogen) atoms. The minimum Gasteiger partial charge on any atom is -0.478 e. The molecule has 0 aliphatic carbocycles. The number of halogens is 3. The SMILES string of the molecule is O=C(O)c1cnc(COCC(F)(F)F)nc1. The number of carbonyl (C=O) groups is 1. The van der Waals surface area contributed by atoms with Gasteiger partial charge in [-0.1, -0.05) is 0 Å². The molecule has 0 bridgehead atoms. The van der Waals surface area contributed by atoms with E-state index in [1.54, 1.807) is 0 Å². The second-order valence-electron chi connectivity index (χ2n) is 2.80. The van der Waals surface area contributed by atoms with Crippen LogP contribution in [0.25, 0.3) is 0 Å². The van der Waals surface area contributed by atoms with E-state index in [1.807, 2.05) is 0 Å². The number of aromatic carboxylic acids is 1. The summed E-state index contributed by atoms with van der Waals surface area (Å²) in [7, 11) is 0. The van der Waals surface area contributed by atoms with Gasteiger partial charge in [0.05, 0.1) is 5.56 Å². The fourth-order valence-electron chi connectivity index (χ4n) is 0.798. The standard InChI is InChI=1S/C8H7F3N2O3/c9-8(10,11)4-16-3-6-12-1-5(2-13-6)7(14)15/h1-2H,3-4H2,(H,14,15). The second-order valence-corrected chi connectivity index (χ2v) is 2.80. The van der Waals surface area contributed by atoms with Crippen molar-refractivity contribution < 1.29 is 27.8 Å². The van der Waals surface area contributed by atoms with Crippen LogP contribution in [0.5, 0.6) is 0 Å². The van der Waals surface area contributed by atoms with E-state index < -0.39 is 25.4 Å². The third-order valence-electron chi connectivity index (χ3n) is 1.45. The highest BCUT2D eigenvalue weighted by Gasteiger charge is 2.27. The first kappa shape index (κ1) is 12.4. The van der Waals surface area contributed by atoms with Crippen LogP contribution in [0, 0.1) is 0 Å². The average Bonchev–Trinajstić information content (AvgIpc) is 2.16. The third kappa shape index (κ3) is 4.22. The van der Waals surface area contributed by atoms with Crippen LogP contribution >= 0.6 is 0 Å². The number of hydrogen-bond donors (Lipinski definition) is 1. The molecular formula is C8H7F3N2O3. The number of nitrogens with zero attached hydrogens (tertiary/aromatic N) is 2. The molecule has 0 saturated heterocycles. The van der Waals surface area contributed by atoms with Crippen LogP contribution in [0.3, 0.4) is 0 Å². The molecule has 0 aromatic carbocycles. The lowest BCUT2D eigenvalue weighted by Gasteiger charge is -2.06. The van der Waals surface area contributed by atoms with Gasteiger partial charge in [0, 0.05) is 12.4 Å². The van der Waals surface area contributed by atoms with Crippen molar-refractivity contribution in [3.8, 4) is 0 Å². The molecule has 1 aromatic heterocycles. The molecule has 1 N–H and O–H groups in total. The molecule has 1 heterocycles. The summed E-state index contributed by atoms with van der Waals surface area (Å²) >= 11 is 0. The second kappa shape index (κ2) is 4.88. The Kier molecular flexibility index (Phi) is 3.78. The molecule has 0 saturated carbocycles. The molecule has 0 unspecified atom stereocenters. The highest BCUT2D eigenvalue weighted by Crippen LogP contribution is 2.14. The summed E-state index contributed by atoms with van der Waals surface area (Å²) in [5, 5.41) is 8.50. The summed E-state index contributed by atoms with van der Waals surface area (Å²) in [5.74, 6) is -1.21. The molecule has 8 heteroatoms. The van der Waals surface area contributed by atoms with Crippen molar-refractivity contribution in [2.24, 2.45) is 0 Å². The van der Waals surface area contributed by atoms with E-state index in [4.69, 9.17) is 5.11 Å². The highest BCUT2D eigenvalue weighted by atomic mass is 19.4. The molecule has 5 nitrogen and oxygen atoms in total. The molecule has 0 atom stereocenters. The van der Waals surface area contributed by atoms with Crippen LogP contribution in [0.4, 0.5) is 13.2 Å². The highest BCUT2D eigenvalue weighted by molar-refractivity contribution is 5.86. The predicted octanol–water partition coefficient (Wildman–Crippen LogP) is 1.25. The number of ether oxygens (including phenoxy) is 1. The summed E-state index contributed by atoms with van der Waals surface area (Å²) in [4.78, 5) is 17.5. The number of carboxylic acids is 1. The van der Waals surface area contributed by atoms with Gasteiger partial charge in [0.2, 0.25) is 0 Å². The van der Waals surface area contributed by atoms with Gasteiger partial charge in [0.1, 0.15) is 13.2 Å². The summed E-state index contributed by atoms with van der Waals surface area (Å²) in [6, 6.07) is 0. The van der Waals surface area contributed by atoms with Crippen molar-refractivity contribution in [2.75, 3.05) is 6.61 Å². The van der Waals surface area contributed by atoms with E-state index in [0.29, 0.717) is 0 Å². The van der Waals surface area contributed by atoms with Gasteiger partial charge < -0.3 is 9.84 Å². The number of rotatable bonds is 4. The molecule has 0 aliphatic rings. The van der Waals surface area contributed by atoms with Crippen molar-refractivity contribution in [1.29, 1.82) is 0 Å². The van der Waals surface area contributed by atoms with E-state index >= 15 is 0 Å². The Bertz CT molecular complexity index is 364. The van der Waals surface area contributed by atoms with Crippen molar-refractivity contribution >= 4 is 5.97 Å². The molecule has 1 aromatic rings. The van der Waals surface area contributed by atoms with Crippen LogP contribution < -0.4 is 0 Å². The van der Waals surface area contributed by atoms with E-state index in [-0.39, 0.29) is 11.4 Å². The zero-order chi connectivity index (χ0) is 12.2. The normalized spacial score (nSPS) is 11.4. The summed E-state index contributed by atoms with van der Waals surface area (Å²) in [6.07, 6.45) is -2.40. The Hall–Kier alpha value is -1.70. The monoisotopic (exact) mass is 236 g/mol. The summed E-state index contributed by atoms with van der Waals surface area (Å²) in [6.45, 7) is -1.81. The van der Waals surface area contributed by atoms with Gasteiger partial charge in [-0.25, -0.2) is 14.8 Å². The minimum atomic E-state index is -4.40. The average molecular weight is 236 g/mol. The smallest absolute Gasteiger partial charge is 0.411 e. The maximum atomic E-state index is 11.7. The van der Waals surface area contributed by atoms with Crippen LogP contribution in [-0.2, 0) is 11.3 Å². The molecule has 0 aliphatic heterocycles. The summed E-state index contributed by atoms with van der Waals surface area (Å²) in [5.41, 5.74) is -0.139. The van der Waals surface area contributed by atoms with Gasteiger partial charge in [0.25, 0.3) is 0 Å². The molecule has 88 valence electrons. The van der Waals surface area contributed by atoms with Gasteiger partial charge in [-0.15, -0.1) is 0 Å². The molecule has 0 amide bonds. The summed E-state index contributed by atoms with van der Waals surface area (Å²) < 4.78 is 39.3. The first-order valence-corrected chi connectivity index (χ1v) is 4.07. The number of carboxylic acid groups (broad SMARTS) is 1. The fourth-order valence-corrected chi connectivity index (χ4v) is 0.798. The van der Waals surface area contributed by atoms with Crippen LogP contribution in [0.2, 0.25) is 0 Å². The van der Waals surface area contributed by atoms with Gasteiger partial charge in [-0.3, -0.25) is 0 Å². The van der Waals surface area contributed by atoms with Gasteiger partial charge >= 0.3 is 12.1 Å². The topological polar surface area (TPSA) is 72.3 Å². The Morgan fingerprint density at radius 3 is 2.38 bits per heavy atom. The minimum absolute atomic E-state index is 0.00532. The fraction of sp³-hybridized carbons (Fsp3) is 0.375. The zero-order valence-corrected chi connectivity index (χ0v) is 7.86. The van der Waals surface area contributed by atoms with E-state index in [2.05, 4.69) is 14.7 Å². The molecule has 0 fully saturated rings. The molecule has 0 spiro atoms. The number of hydrogen-bond acceptors (Lipinski definition) is 4. The Labute approximate surface area is 87.9 Å². The maximum absolute atomic E-state index is 11.7. The quantitative estimate of drug-likeness (QED) is 0.851. The van der Waals surface area contributed by atoms with Crippen molar-refractivity contribution in [3.05, 3.63) is 23.8 Å². The van der Waals surface area contributed by atoms with Crippen molar-refractivity contribution in [3.63, 3.8) is 0 Å².